The molecule has 1 saturated heterocycles. The predicted octanol–water partition coefficient (Wildman–Crippen LogP) is 3.99. The van der Waals surface area contributed by atoms with Gasteiger partial charge in [-0.3, -0.25) is 14.5 Å². The Kier molecular flexibility index (Phi) is 4.87. The van der Waals surface area contributed by atoms with Crippen LogP contribution in [0.2, 0.25) is 0 Å². The van der Waals surface area contributed by atoms with Gasteiger partial charge in [-0.1, -0.05) is 36.4 Å². The molecule has 158 valence electrons. The van der Waals surface area contributed by atoms with E-state index in [4.69, 9.17) is 0 Å². The number of carbonyl (C=O) groups is 2. The van der Waals surface area contributed by atoms with Crippen molar-refractivity contribution in [2.75, 3.05) is 26.2 Å². The van der Waals surface area contributed by atoms with Crippen LogP contribution in [0.3, 0.4) is 0 Å². The molecule has 4 aromatic rings. The number of nitrogens with one attached hydrogen (secondary N) is 2. The Bertz CT molecular complexity index is 1240. The number of Topliss-reactive ketones (excluding diaryl/α,β-unsaturated/α-hetero) is 1. The second-order valence-electron chi connectivity index (χ2n) is 8.31. The average Bonchev–Trinajstić information content (AvgIpc) is 3.38. The van der Waals surface area contributed by atoms with Gasteiger partial charge in [-0.2, -0.15) is 0 Å². The van der Waals surface area contributed by atoms with Gasteiger partial charge in [0.25, 0.3) is 5.91 Å². The fourth-order valence-electron chi connectivity index (χ4n) is 4.64. The van der Waals surface area contributed by atoms with Gasteiger partial charge in [0.2, 0.25) is 0 Å². The lowest BCUT2D eigenvalue weighted by molar-refractivity contribution is 0.0548. The normalized spacial score (nSPS) is 16.1. The molecule has 6 nitrogen and oxygen atoms in total. The summed E-state index contributed by atoms with van der Waals surface area (Å²) in [5, 5.41) is 2.02. The minimum Gasteiger partial charge on any atom is -0.358 e. The van der Waals surface area contributed by atoms with Gasteiger partial charge >= 0.3 is 0 Å². The van der Waals surface area contributed by atoms with Crippen molar-refractivity contribution in [2.45, 2.75) is 19.9 Å². The van der Waals surface area contributed by atoms with Crippen LogP contribution in [-0.4, -0.2) is 63.7 Å². The number of hydrogen-bond acceptors (Lipinski definition) is 3. The lowest BCUT2D eigenvalue weighted by Gasteiger charge is -2.37. The zero-order valence-corrected chi connectivity index (χ0v) is 17.8. The number of benzene rings is 2. The summed E-state index contributed by atoms with van der Waals surface area (Å²) in [5.74, 6) is 0.146. The molecule has 2 N–H and O–H groups in total. The number of para-hydroxylation sites is 2. The zero-order chi connectivity index (χ0) is 21.5. The summed E-state index contributed by atoms with van der Waals surface area (Å²) in [6.07, 6.45) is 0. The summed E-state index contributed by atoms with van der Waals surface area (Å²) in [7, 11) is 0. The maximum atomic E-state index is 13.3. The second-order valence-corrected chi connectivity index (χ2v) is 8.31. The third-order valence-corrected chi connectivity index (χ3v) is 6.43. The van der Waals surface area contributed by atoms with Crippen molar-refractivity contribution >= 4 is 33.5 Å². The van der Waals surface area contributed by atoms with Crippen molar-refractivity contribution in [3.05, 3.63) is 71.5 Å². The summed E-state index contributed by atoms with van der Waals surface area (Å²) in [4.78, 5) is 36.9. The summed E-state index contributed by atoms with van der Waals surface area (Å²) < 4.78 is 0. The van der Waals surface area contributed by atoms with Crippen molar-refractivity contribution in [3.63, 3.8) is 0 Å². The van der Waals surface area contributed by atoms with Crippen molar-refractivity contribution < 1.29 is 9.59 Å². The van der Waals surface area contributed by atoms with Crippen LogP contribution in [0, 0.1) is 6.92 Å². The topological polar surface area (TPSA) is 72.2 Å². The van der Waals surface area contributed by atoms with E-state index in [0.29, 0.717) is 31.9 Å². The van der Waals surface area contributed by atoms with E-state index in [1.165, 1.54) is 0 Å². The third kappa shape index (κ3) is 3.43. The van der Waals surface area contributed by atoms with Gasteiger partial charge in [0.15, 0.2) is 5.78 Å². The Morgan fingerprint density at radius 1 is 0.903 bits per heavy atom. The monoisotopic (exact) mass is 414 g/mol. The van der Waals surface area contributed by atoms with E-state index in [9.17, 15) is 9.59 Å². The number of carbonyl (C=O) groups excluding carboxylic acids is 2. The van der Waals surface area contributed by atoms with Gasteiger partial charge in [-0.05, 0) is 32.0 Å². The van der Waals surface area contributed by atoms with Crippen LogP contribution in [-0.2, 0) is 0 Å². The summed E-state index contributed by atoms with van der Waals surface area (Å²) in [5.41, 5.74) is 4.26. The van der Waals surface area contributed by atoms with E-state index >= 15 is 0 Å². The number of nitrogens with zero attached hydrogens (tertiary/aromatic N) is 2. The maximum Gasteiger partial charge on any atom is 0.270 e. The molecule has 1 aliphatic heterocycles. The molecule has 3 heterocycles. The molecule has 0 radical (unpaired) electrons. The highest BCUT2D eigenvalue weighted by molar-refractivity contribution is 6.11. The lowest BCUT2D eigenvalue weighted by Crippen LogP contribution is -2.53. The fraction of sp³-hybridized carbons (Fsp3) is 0.280. The van der Waals surface area contributed by atoms with Crippen LogP contribution in [0.5, 0.6) is 0 Å². The SMILES string of the molecule is Cc1[nH]c2ccccc2c1C(=O)C(C)N1CCN(C(=O)c2cc3ccccc3[nH]2)CC1. The number of H-pyrrole nitrogens is 2. The quantitative estimate of drug-likeness (QED) is 0.496. The van der Waals surface area contributed by atoms with E-state index in [1.54, 1.807) is 0 Å². The van der Waals surface area contributed by atoms with Crippen LogP contribution in [0.25, 0.3) is 21.8 Å². The Balaban J connectivity index is 1.28. The number of ketones is 1. The molecule has 2 aromatic carbocycles. The third-order valence-electron chi connectivity index (χ3n) is 6.43. The standard InChI is InChI=1S/C25H26N4O2/c1-16-23(19-8-4-6-10-21(19)26-16)24(30)17(2)28-11-13-29(14-12-28)25(31)22-15-18-7-3-5-9-20(18)27-22/h3-10,15,17,26-27H,11-14H2,1-2H3. The minimum atomic E-state index is -0.233. The molecule has 1 amide bonds. The fourth-order valence-corrected chi connectivity index (χ4v) is 4.64. The molecule has 1 atom stereocenters. The minimum absolute atomic E-state index is 0.0160. The van der Waals surface area contributed by atoms with Gasteiger partial charge in [0.1, 0.15) is 5.69 Å². The highest BCUT2D eigenvalue weighted by Gasteiger charge is 2.30. The van der Waals surface area contributed by atoms with Crippen LogP contribution in [0.4, 0.5) is 0 Å². The van der Waals surface area contributed by atoms with E-state index in [-0.39, 0.29) is 17.7 Å². The van der Waals surface area contributed by atoms with E-state index in [0.717, 1.165) is 33.1 Å². The summed E-state index contributed by atoms with van der Waals surface area (Å²) >= 11 is 0. The van der Waals surface area contributed by atoms with Crippen LogP contribution in [0.1, 0.15) is 33.5 Å². The molecule has 0 aliphatic carbocycles. The Labute approximate surface area is 180 Å². The number of aromatic amines is 2. The number of piperazine rings is 1. The smallest absolute Gasteiger partial charge is 0.270 e. The first-order chi connectivity index (χ1) is 15.0. The van der Waals surface area contributed by atoms with Crippen molar-refractivity contribution in [2.24, 2.45) is 0 Å². The molecule has 2 aromatic heterocycles. The maximum absolute atomic E-state index is 13.3. The molecule has 0 spiro atoms. The highest BCUT2D eigenvalue weighted by atomic mass is 16.2. The number of aryl methyl sites for hydroxylation is 1. The molecule has 31 heavy (non-hydrogen) atoms. The van der Waals surface area contributed by atoms with E-state index in [2.05, 4.69) is 14.9 Å². The van der Waals surface area contributed by atoms with Crippen LogP contribution >= 0.6 is 0 Å². The highest BCUT2D eigenvalue weighted by Crippen LogP contribution is 2.25. The van der Waals surface area contributed by atoms with Gasteiger partial charge in [0.05, 0.1) is 6.04 Å². The lowest BCUT2D eigenvalue weighted by atomic mass is 10.0. The Hall–Kier alpha value is -3.38. The van der Waals surface area contributed by atoms with Gasteiger partial charge in [-0.25, -0.2) is 0 Å². The van der Waals surface area contributed by atoms with E-state index in [1.807, 2.05) is 73.3 Å². The molecule has 0 saturated carbocycles. The first-order valence-electron chi connectivity index (χ1n) is 10.8. The van der Waals surface area contributed by atoms with Gasteiger partial charge in [-0.15, -0.1) is 0 Å². The summed E-state index contributed by atoms with van der Waals surface area (Å²) in [6.45, 7) is 6.51. The molecule has 1 aliphatic rings. The summed E-state index contributed by atoms with van der Waals surface area (Å²) in [6, 6.07) is 17.5. The first kappa shape index (κ1) is 19.6. The van der Waals surface area contributed by atoms with Crippen LogP contribution < -0.4 is 0 Å². The number of hydrogen-bond donors (Lipinski definition) is 2. The van der Waals surface area contributed by atoms with Crippen molar-refractivity contribution in [1.82, 2.24) is 19.8 Å². The zero-order valence-electron chi connectivity index (χ0n) is 17.8. The molecule has 1 unspecified atom stereocenters. The largest absolute Gasteiger partial charge is 0.358 e. The van der Waals surface area contributed by atoms with Gasteiger partial charge < -0.3 is 14.9 Å². The van der Waals surface area contributed by atoms with Crippen molar-refractivity contribution in [3.8, 4) is 0 Å². The van der Waals surface area contributed by atoms with E-state index < -0.39 is 0 Å². The Morgan fingerprint density at radius 2 is 1.58 bits per heavy atom. The molecular weight excluding hydrogens is 388 g/mol. The molecular formula is C25H26N4O2. The average molecular weight is 415 g/mol. The van der Waals surface area contributed by atoms with Crippen LogP contribution in [0.15, 0.2) is 54.6 Å². The molecule has 0 bridgehead atoms. The molecule has 5 rings (SSSR count). The number of fused-ring (bicyclic) bond motifs is 2. The predicted molar refractivity (Wildman–Crippen MR) is 123 cm³/mol. The van der Waals surface area contributed by atoms with Crippen molar-refractivity contribution in [1.29, 1.82) is 0 Å². The molecule has 6 heteroatoms. The molecule has 1 fully saturated rings. The number of aromatic nitrogens is 2. The number of amides is 1. The Morgan fingerprint density at radius 3 is 2.32 bits per heavy atom. The second kappa shape index (κ2) is 7.71. The number of rotatable bonds is 4. The first-order valence-corrected chi connectivity index (χ1v) is 10.8. The van der Waals surface area contributed by atoms with Gasteiger partial charge in [0, 0.05) is 59.2 Å².